The molecule has 0 spiro atoms. The quantitative estimate of drug-likeness (QED) is 0.332. The van der Waals surface area contributed by atoms with E-state index in [1.807, 2.05) is 13.8 Å². The molecular formula is C28H31Cl2N3O4S. The van der Waals surface area contributed by atoms with E-state index in [2.05, 4.69) is 5.32 Å². The molecule has 0 bridgehead atoms. The van der Waals surface area contributed by atoms with Gasteiger partial charge in [-0.25, -0.2) is 8.42 Å². The van der Waals surface area contributed by atoms with Crippen molar-refractivity contribution >= 4 is 50.7 Å². The summed E-state index contributed by atoms with van der Waals surface area (Å²) in [6.45, 7) is 5.44. The molecule has 0 heterocycles. The van der Waals surface area contributed by atoms with E-state index in [0.717, 1.165) is 4.31 Å². The van der Waals surface area contributed by atoms with E-state index in [4.69, 9.17) is 23.2 Å². The van der Waals surface area contributed by atoms with Crippen LogP contribution >= 0.6 is 23.2 Å². The number of hydrogen-bond donors (Lipinski definition) is 1. The van der Waals surface area contributed by atoms with Crippen LogP contribution in [0.1, 0.15) is 26.3 Å². The molecule has 0 fully saturated rings. The fraction of sp³-hybridized carbons (Fsp3) is 0.286. The third-order valence-corrected chi connectivity index (χ3v) is 8.24. The maximum atomic E-state index is 13.8. The molecule has 1 N–H and O–H groups in total. The first-order valence-corrected chi connectivity index (χ1v) is 14.3. The van der Waals surface area contributed by atoms with Crippen LogP contribution in [0.4, 0.5) is 5.69 Å². The number of sulfonamides is 1. The van der Waals surface area contributed by atoms with Gasteiger partial charge in [-0.05, 0) is 54.8 Å². The van der Waals surface area contributed by atoms with Crippen molar-refractivity contribution in [2.45, 2.75) is 38.3 Å². The van der Waals surface area contributed by atoms with Crippen molar-refractivity contribution in [2.75, 3.05) is 17.4 Å². The molecule has 3 rings (SSSR count). The van der Waals surface area contributed by atoms with Gasteiger partial charge in [-0.3, -0.25) is 13.9 Å². The second kappa shape index (κ2) is 13.1. The Kier molecular flexibility index (Phi) is 10.2. The number of nitrogens with one attached hydrogen (secondary N) is 1. The minimum Gasteiger partial charge on any atom is -0.354 e. The minimum absolute atomic E-state index is 0.0148. The molecule has 1 atom stereocenters. The predicted octanol–water partition coefficient (Wildman–Crippen LogP) is 5.38. The zero-order chi connectivity index (χ0) is 27.9. The number of benzene rings is 3. The second-order valence-electron chi connectivity index (χ2n) is 9.23. The first-order valence-electron chi connectivity index (χ1n) is 12.1. The number of nitrogens with zero attached hydrogens (tertiary/aromatic N) is 2. The fourth-order valence-electron chi connectivity index (χ4n) is 3.71. The highest BCUT2D eigenvalue weighted by molar-refractivity contribution is 7.92. The number of hydrogen-bond acceptors (Lipinski definition) is 4. The Morgan fingerprint density at radius 3 is 2.08 bits per heavy atom. The average molecular weight is 577 g/mol. The van der Waals surface area contributed by atoms with Crippen LogP contribution in [-0.2, 0) is 26.2 Å². The molecule has 0 aromatic heterocycles. The van der Waals surface area contributed by atoms with Crippen molar-refractivity contribution in [3.63, 3.8) is 0 Å². The summed E-state index contributed by atoms with van der Waals surface area (Å²) in [5, 5.41) is 3.62. The van der Waals surface area contributed by atoms with Crippen molar-refractivity contribution < 1.29 is 18.0 Å². The molecule has 0 aliphatic rings. The Bertz CT molecular complexity index is 1350. The third kappa shape index (κ3) is 7.49. The summed E-state index contributed by atoms with van der Waals surface area (Å²) in [6.07, 6.45) is 0. The van der Waals surface area contributed by atoms with Crippen molar-refractivity contribution in [3.05, 3.63) is 94.5 Å². The summed E-state index contributed by atoms with van der Waals surface area (Å²) in [4.78, 5) is 28.2. The number of amides is 2. The summed E-state index contributed by atoms with van der Waals surface area (Å²) in [6, 6.07) is 20.3. The molecule has 0 saturated heterocycles. The fourth-order valence-corrected chi connectivity index (χ4v) is 5.61. The molecule has 0 aliphatic carbocycles. The average Bonchev–Trinajstić information content (AvgIpc) is 2.90. The Morgan fingerprint density at radius 1 is 0.895 bits per heavy atom. The van der Waals surface area contributed by atoms with E-state index in [0.29, 0.717) is 27.8 Å². The van der Waals surface area contributed by atoms with Gasteiger partial charge in [-0.2, -0.15) is 0 Å². The molecule has 0 aliphatic heterocycles. The molecule has 0 saturated carbocycles. The minimum atomic E-state index is -4.09. The van der Waals surface area contributed by atoms with Gasteiger partial charge in [0, 0.05) is 23.1 Å². The Hall–Kier alpha value is -3.07. The van der Waals surface area contributed by atoms with E-state index in [-0.39, 0.29) is 23.3 Å². The SMILES string of the molecule is CC(C)CNC(=O)C(C)N(Cc1ccc(Cl)cc1Cl)C(=O)CN(c1ccccc1)S(=O)(=O)c1ccccc1. The van der Waals surface area contributed by atoms with Gasteiger partial charge in [0.15, 0.2) is 0 Å². The third-order valence-electron chi connectivity index (χ3n) is 5.86. The highest BCUT2D eigenvalue weighted by Gasteiger charge is 2.32. The smallest absolute Gasteiger partial charge is 0.264 e. The number of para-hydroxylation sites is 1. The number of carbonyl (C=O) groups is 2. The molecule has 202 valence electrons. The van der Waals surface area contributed by atoms with Crippen molar-refractivity contribution in [1.29, 1.82) is 0 Å². The zero-order valence-electron chi connectivity index (χ0n) is 21.5. The Morgan fingerprint density at radius 2 is 1.50 bits per heavy atom. The van der Waals surface area contributed by atoms with Gasteiger partial charge in [0.05, 0.1) is 10.6 Å². The first-order chi connectivity index (χ1) is 18.0. The van der Waals surface area contributed by atoms with Gasteiger partial charge < -0.3 is 10.2 Å². The van der Waals surface area contributed by atoms with Crippen LogP contribution in [0.5, 0.6) is 0 Å². The van der Waals surface area contributed by atoms with Gasteiger partial charge in [-0.1, -0.05) is 79.5 Å². The van der Waals surface area contributed by atoms with Gasteiger partial charge >= 0.3 is 0 Å². The highest BCUT2D eigenvalue weighted by atomic mass is 35.5. The molecule has 0 radical (unpaired) electrons. The van der Waals surface area contributed by atoms with Crippen LogP contribution in [0.3, 0.4) is 0 Å². The van der Waals surface area contributed by atoms with Crippen LogP contribution in [-0.4, -0.2) is 44.3 Å². The summed E-state index contributed by atoms with van der Waals surface area (Å²) in [5.74, 6) is -0.702. The standard InChI is InChI=1S/C28H31Cl2N3O4S/c1-20(2)17-31-28(35)21(3)32(18-22-14-15-23(29)16-26(22)30)27(34)19-33(24-10-6-4-7-11-24)38(36,37)25-12-8-5-9-13-25/h4-16,20-21H,17-19H2,1-3H3,(H,31,35). The molecule has 2 amide bonds. The normalized spacial score (nSPS) is 12.2. The van der Waals surface area contributed by atoms with Crippen LogP contribution in [0, 0.1) is 5.92 Å². The summed E-state index contributed by atoms with van der Waals surface area (Å²) in [5.41, 5.74) is 0.899. The lowest BCUT2D eigenvalue weighted by Crippen LogP contribution is -2.51. The van der Waals surface area contributed by atoms with Gasteiger partial charge in [0.1, 0.15) is 12.6 Å². The topological polar surface area (TPSA) is 86.8 Å². The van der Waals surface area contributed by atoms with Gasteiger partial charge in [0.25, 0.3) is 10.0 Å². The van der Waals surface area contributed by atoms with Crippen LogP contribution < -0.4 is 9.62 Å². The zero-order valence-corrected chi connectivity index (χ0v) is 23.8. The second-order valence-corrected chi connectivity index (χ2v) is 11.9. The van der Waals surface area contributed by atoms with Crippen molar-refractivity contribution in [3.8, 4) is 0 Å². The molecule has 38 heavy (non-hydrogen) atoms. The Balaban J connectivity index is 2.00. The predicted molar refractivity (Wildman–Crippen MR) is 152 cm³/mol. The maximum Gasteiger partial charge on any atom is 0.264 e. The van der Waals surface area contributed by atoms with E-state index in [1.165, 1.54) is 17.0 Å². The van der Waals surface area contributed by atoms with Crippen molar-refractivity contribution in [2.24, 2.45) is 5.92 Å². The number of carbonyl (C=O) groups excluding carboxylic acids is 2. The number of anilines is 1. The van der Waals surface area contributed by atoms with E-state index in [1.54, 1.807) is 73.7 Å². The maximum absolute atomic E-state index is 13.8. The molecule has 3 aromatic rings. The van der Waals surface area contributed by atoms with E-state index < -0.39 is 28.5 Å². The molecular weight excluding hydrogens is 545 g/mol. The first kappa shape index (κ1) is 29.5. The van der Waals surface area contributed by atoms with E-state index in [9.17, 15) is 18.0 Å². The summed E-state index contributed by atoms with van der Waals surface area (Å²) >= 11 is 12.4. The Labute approximate surface area is 234 Å². The molecule has 1 unspecified atom stereocenters. The highest BCUT2D eigenvalue weighted by Crippen LogP contribution is 2.26. The van der Waals surface area contributed by atoms with Crippen LogP contribution in [0.25, 0.3) is 0 Å². The van der Waals surface area contributed by atoms with Crippen LogP contribution in [0.15, 0.2) is 83.8 Å². The summed E-state index contributed by atoms with van der Waals surface area (Å²) in [7, 11) is -4.09. The summed E-state index contributed by atoms with van der Waals surface area (Å²) < 4.78 is 28.4. The van der Waals surface area contributed by atoms with Gasteiger partial charge in [-0.15, -0.1) is 0 Å². The van der Waals surface area contributed by atoms with Gasteiger partial charge in [0.2, 0.25) is 11.8 Å². The largest absolute Gasteiger partial charge is 0.354 e. The number of rotatable bonds is 11. The lowest BCUT2D eigenvalue weighted by molar-refractivity contribution is -0.139. The van der Waals surface area contributed by atoms with Crippen LogP contribution in [0.2, 0.25) is 10.0 Å². The lowest BCUT2D eigenvalue weighted by atomic mass is 10.1. The lowest BCUT2D eigenvalue weighted by Gasteiger charge is -2.32. The van der Waals surface area contributed by atoms with E-state index >= 15 is 0 Å². The monoisotopic (exact) mass is 575 g/mol. The molecule has 7 nitrogen and oxygen atoms in total. The number of halogens is 2. The molecule has 10 heteroatoms. The molecule has 3 aromatic carbocycles. The van der Waals surface area contributed by atoms with Crippen molar-refractivity contribution in [1.82, 2.24) is 10.2 Å².